The lowest BCUT2D eigenvalue weighted by Crippen LogP contribution is -2.35. The Balaban J connectivity index is 1.75. The minimum atomic E-state index is -3.49. The van der Waals surface area contributed by atoms with Crippen LogP contribution in [-0.4, -0.2) is 34.0 Å². The molecule has 27 heavy (non-hydrogen) atoms. The maximum Gasteiger partial charge on any atom is 0.236 e. The van der Waals surface area contributed by atoms with Crippen LogP contribution in [0.4, 0.5) is 0 Å². The maximum absolute atomic E-state index is 12.9. The lowest BCUT2D eigenvalue weighted by molar-refractivity contribution is 0.299. The molecule has 3 rings (SSSR count). The van der Waals surface area contributed by atoms with Gasteiger partial charge in [-0.15, -0.1) is 0 Å². The van der Waals surface area contributed by atoms with Gasteiger partial charge in [0.2, 0.25) is 10.0 Å². The molecule has 2 aromatic carbocycles. The number of hydrogen-bond donors (Lipinski definition) is 1. The van der Waals surface area contributed by atoms with E-state index in [2.05, 4.69) is 42.0 Å². The molecular weight excluding hydrogens is 356 g/mol. The Morgan fingerprint density at radius 3 is 2.41 bits per heavy atom. The summed E-state index contributed by atoms with van der Waals surface area (Å²) in [6.45, 7) is 2.47. The van der Waals surface area contributed by atoms with Crippen LogP contribution in [0.15, 0.2) is 53.4 Å². The maximum atomic E-state index is 12.9. The molecule has 1 atom stereocenters. The molecule has 5 heteroatoms. The first-order valence-electron chi connectivity index (χ1n) is 9.44. The summed E-state index contributed by atoms with van der Waals surface area (Å²) >= 11 is 0. The molecule has 0 fully saturated rings. The third kappa shape index (κ3) is 4.67. The number of aryl methyl sites for hydroxylation is 2. The van der Waals surface area contributed by atoms with Gasteiger partial charge in [-0.2, -0.15) is 0 Å². The van der Waals surface area contributed by atoms with E-state index >= 15 is 0 Å². The number of nitrogens with zero attached hydrogens (tertiary/aromatic N) is 1. The average Bonchev–Trinajstić information content (AvgIpc) is 2.68. The SMILES string of the molecule is CCc1ccc([C@@H](CNS(=O)(=O)C2=Cc3ccccc3CC2)N(C)C)cc1. The first-order valence-corrected chi connectivity index (χ1v) is 10.9. The van der Waals surface area contributed by atoms with Crippen LogP contribution in [0.25, 0.3) is 6.08 Å². The number of likely N-dealkylation sites (N-methyl/N-ethyl adjacent to an activating group) is 1. The van der Waals surface area contributed by atoms with Crippen LogP contribution >= 0.6 is 0 Å². The number of sulfonamides is 1. The van der Waals surface area contributed by atoms with E-state index in [9.17, 15) is 8.42 Å². The second kappa shape index (κ2) is 8.38. The zero-order chi connectivity index (χ0) is 19.4. The molecule has 0 aromatic heterocycles. The van der Waals surface area contributed by atoms with Crippen LogP contribution in [-0.2, 0) is 22.9 Å². The molecule has 0 bridgehead atoms. The Hall–Kier alpha value is -1.95. The Bertz CT molecular complexity index is 916. The van der Waals surface area contributed by atoms with Gasteiger partial charge in [0.25, 0.3) is 0 Å². The van der Waals surface area contributed by atoms with Gasteiger partial charge in [-0.1, -0.05) is 55.5 Å². The third-order valence-electron chi connectivity index (χ3n) is 5.22. The number of nitrogens with one attached hydrogen (secondary N) is 1. The van der Waals surface area contributed by atoms with Crippen molar-refractivity contribution in [2.45, 2.75) is 32.2 Å². The van der Waals surface area contributed by atoms with Crippen molar-refractivity contribution in [3.8, 4) is 0 Å². The minimum Gasteiger partial charge on any atom is -0.301 e. The van der Waals surface area contributed by atoms with Crippen molar-refractivity contribution in [2.24, 2.45) is 0 Å². The number of rotatable bonds is 7. The molecule has 1 aliphatic carbocycles. The Kier molecular flexibility index (Phi) is 6.15. The highest BCUT2D eigenvalue weighted by molar-refractivity contribution is 7.93. The zero-order valence-electron chi connectivity index (χ0n) is 16.3. The van der Waals surface area contributed by atoms with Gasteiger partial charge in [-0.25, -0.2) is 13.1 Å². The van der Waals surface area contributed by atoms with Crippen molar-refractivity contribution in [2.75, 3.05) is 20.6 Å². The summed E-state index contributed by atoms with van der Waals surface area (Å²) in [6, 6.07) is 16.4. The van der Waals surface area contributed by atoms with Gasteiger partial charge in [0.1, 0.15) is 0 Å². The smallest absolute Gasteiger partial charge is 0.236 e. The molecule has 0 saturated carbocycles. The lowest BCUT2D eigenvalue weighted by Gasteiger charge is -2.26. The minimum absolute atomic E-state index is 0.0119. The molecule has 0 spiro atoms. The van der Waals surface area contributed by atoms with Gasteiger partial charge in [0, 0.05) is 12.6 Å². The molecule has 0 amide bonds. The monoisotopic (exact) mass is 384 g/mol. The fraction of sp³-hybridized carbons (Fsp3) is 0.364. The molecule has 1 N–H and O–H groups in total. The molecule has 0 unspecified atom stereocenters. The van der Waals surface area contributed by atoms with Gasteiger partial charge in [0.15, 0.2) is 0 Å². The highest BCUT2D eigenvalue weighted by Crippen LogP contribution is 2.27. The van der Waals surface area contributed by atoms with Crippen LogP contribution in [0, 0.1) is 0 Å². The topological polar surface area (TPSA) is 49.4 Å². The van der Waals surface area contributed by atoms with Crippen LogP contribution < -0.4 is 4.72 Å². The van der Waals surface area contributed by atoms with Crippen molar-refractivity contribution < 1.29 is 8.42 Å². The Morgan fingerprint density at radius 2 is 1.74 bits per heavy atom. The predicted octanol–water partition coefficient (Wildman–Crippen LogP) is 3.76. The van der Waals surface area contributed by atoms with E-state index in [0.717, 1.165) is 24.0 Å². The lowest BCUT2D eigenvalue weighted by atomic mass is 9.98. The predicted molar refractivity (Wildman–Crippen MR) is 112 cm³/mol. The Morgan fingerprint density at radius 1 is 1.04 bits per heavy atom. The fourth-order valence-corrected chi connectivity index (χ4v) is 4.69. The second-order valence-electron chi connectivity index (χ2n) is 7.24. The van der Waals surface area contributed by atoms with Crippen molar-refractivity contribution in [1.82, 2.24) is 9.62 Å². The molecule has 1 aliphatic rings. The number of hydrogen-bond acceptors (Lipinski definition) is 3. The van der Waals surface area contributed by atoms with Crippen molar-refractivity contribution in [1.29, 1.82) is 0 Å². The molecule has 4 nitrogen and oxygen atoms in total. The molecule has 0 saturated heterocycles. The van der Waals surface area contributed by atoms with Crippen molar-refractivity contribution >= 4 is 16.1 Å². The van der Waals surface area contributed by atoms with E-state index in [0.29, 0.717) is 17.9 Å². The van der Waals surface area contributed by atoms with Gasteiger partial charge in [-0.3, -0.25) is 0 Å². The van der Waals surface area contributed by atoms with E-state index in [1.165, 1.54) is 11.1 Å². The van der Waals surface area contributed by atoms with E-state index < -0.39 is 10.0 Å². The van der Waals surface area contributed by atoms with Crippen LogP contribution in [0.5, 0.6) is 0 Å². The molecule has 0 radical (unpaired) electrons. The summed E-state index contributed by atoms with van der Waals surface area (Å²) in [6.07, 6.45) is 4.11. The first kappa shape index (κ1) is 19.8. The standard InChI is InChI=1S/C22H28N2O2S/c1-4-17-9-11-19(12-10-17)22(24(2)3)16-23-27(25,26)21-14-13-18-7-5-6-8-20(18)15-21/h5-12,15,22-23H,4,13-14,16H2,1-3H3/t22-/m1/s1. The van der Waals surface area contributed by atoms with Crippen LogP contribution in [0.3, 0.4) is 0 Å². The van der Waals surface area contributed by atoms with Gasteiger partial charge in [-0.05, 0) is 61.7 Å². The quantitative estimate of drug-likeness (QED) is 0.791. The highest BCUT2D eigenvalue weighted by Gasteiger charge is 2.24. The van der Waals surface area contributed by atoms with E-state index in [-0.39, 0.29) is 6.04 Å². The molecule has 144 valence electrons. The van der Waals surface area contributed by atoms with E-state index in [4.69, 9.17) is 0 Å². The molecular formula is C22H28N2O2S. The summed E-state index contributed by atoms with van der Waals surface area (Å²) in [4.78, 5) is 2.52. The average molecular weight is 385 g/mol. The zero-order valence-corrected chi connectivity index (χ0v) is 17.1. The summed E-state index contributed by atoms with van der Waals surface area (Å²) in [7, 11) is 0.459. The normalized spacial score (nSPS) is 15.3. The van der Waals surface area contributed by atoms with Crippen molar-refractivity contribution in [3.05, 3.63) is 75.7 Å². The number of allylic oxidation sites excluding steroid dienone is 1. The molecule has 0 aliphatic heterocycles. The number of fused-ring (bicyclic) bond motifs is 1. The third-order valence-corrected chi connectivity index (χ3v) is 6.78. The van der Waals surface area contributed by atoms with Crippen molar-refractivity contribution in [3.63, 3.8) is 0 Å². The molecule has 2 aromatic rings. The highest BCUT2D eigenvalue weighted by atomic mass is 32.2. The summed E-state index contributed by atoms with van der Waals surface area (Å²) in [5, 5.41) is 0. The fourth-order valence-electron chi connectivity index (χ4n) is 3.47. The first-order chi connectivity index (χ1) is 12.9. The van der Waals surface area contributed by atoms with E-state index in [1.807, 2.05) is 43.3 Å². The molecule has 0 heterocycles. The van der Waals surface area contributed by atoms with Crippen LogP contribution in [0.2, 0.25) is 0 Å². The van der Waals surface area contributed by atoms with Gasteiger partial charge in [0.05, 0.1) is 4.91 Å². The van der Waals surface area contributed by atoms with Gasteiger partial charge >= 0.3 is 0 Å². The van der Waals surface area contributed by atoms with E-state index in [1.54, 1.807) is 0 Å². The largest absolute Gasteiger partial charge is 0.301 e. The summed E-state index contributed by atoms with van der Waals surface area (Å²) in [5.41, 5.74) is 4.60. The summed E-state index contributed by atoms with van der Waals surface area (Å²) < 4.78 is 28.5. The summed E-state index contributed by atoms with van der Waals surface area (Å²) in [5.74, 6) is 0. The second-order valence-corrected chi connectivity index (χ2v) is 9.06. The number of benzene rings is 2. The van der Waals surface area contributed by atoms with Crippen LogP contribution in [0.1, 0.15) is 41.6 Å². The Labute approximate surface area is 163 Å². The van der Waals surface area contributed by atoms with Gasteiger partial charge < -0.3 is 4.90 Å².